The van der Waals surface area contributed by atoms with E-state index in [9.17, 15) is 9.18 Å². The fourth-order valence-corrected chi connectivity index (χ4v) is 4.22. The molecule has 134 valence electrons. The van der Waals surface area contributed by atoms with Crippen molar-refractivity contribution in [3.8, 4) is 0 Å². The summed E-state index contributed by atoms with van der Waals surface area (Å²) >= 11 is 7.20. The highest BCUT2D eigenvalue weighted by molar-refractivity contribution is 7.18. The van der Waals surface area contributed by atoms with Crippen LogP contribution in [0.3, 0.4) is 0 Å². The highest BCUT2D eigenvalue weighted by Gasteiger charge is 2.24. The minimum absolute atomic E-state index is 0.154. The molecule has 1 aromatic heterocycles. The minimum Gasteiger partial charge on any atom is -0.465 e. The topological polar surface area (TPSA) is 54.5 Å². The Morgan fingerprint density at radius 2 is 2.32 bits per heavy atom. The molecule has 1 saturated heterocycles. The Kier molecular flexibility index (Phi) is 5.44. The van der Waals surface area contributed by atoms with Crippen LogP contribution in [0.1, 0.15) is 28.1 Å². The van der Waals surface area contributed by atoms with Crippen molar-refractivity contribution in [3.05, 3.63) is 39.6 Å². The van der Waals surface area contributed by atoms with Gasteiger partial charge in [-0.25, -0.2) is 14.2 Å². The average molecular weight is 384 g/mol. The highest BCUT2D eigenvalue weighted by atomic mass is 35.5. The van der Waals surface area contributed by atoms with Gasteiger partial charge >= 0.3 is 5.97 Å². The van der Waals surface area contributed by atoms with Crippen LogP contribution in [-0.2, 0) is 4.74 Å². The number of methoxy groups -OCH3 is 1. The Morgan fingerprint density at radius 1 is 1.52 bits per heavy atom. The summed E-state index contributed by atoms with van der Waals surface area (Å²) in [6, 6.07) is 5.03. The molecule has 1 atom stereocenters. The third-order valence-corrected chi connectivity index (χ3v) is 5.56. The van der Waals surface area contributed by atoms with Crippen LogP contribution in [0.2, 0.25) is 5.15 Å². The Hall–Kier alpha value is -1.86. The van der Waals surface area contributed by atoms with E-state index < -0.39 is 5.97 Å². The van der Waals surface area contributed by atoms with Gasteiger partial charge in [-0.3, -0.25) is 0 Å². The molecule has 1 unspecified atom stereocenters. The summed E-state index contributed by atoms with van der Waals surface area (Å²) in [5, 5.41) is 4.11. The summed E-state index contributed by atoms with van der Waals surface area (Å²) in [7, 11) is 1.32. The van der Waals surface area contributed by atoms with Gasteiger partial charge < -0.3 is 15.0 Å². The molecule has 3 rings (SSSR count). The Labute approximate surface area is 154 Å². The van der Waals surface area contributed by atoms with Crippen molar-refractivity contribution in [1.29, 1.82) is 0 Å². The van der Waals surface area contributed by atoms with Gasteiger partial charge in [-0.05, 0) is 43.5 Å². The van der Waals surface area contributed by atoms with E-state index in [2.05, 4.69) is 15.2 Å². The fourth-order valence-electron chi connectivity index (χ4n) is 3.04. The number of aryl methyl sites for hydroxylation is 1. The second-order valence-corrected chi connectivity index (χ2v) is 7.35. The van der Waals surface area contributed by atoms with Crippen molar-refractivity contribution < 1.29 is 13.9 Å². The fraction of sp³-hybridized carbons (Fsp3) is 0.412. The predicted octanol–water partition coefficient (Wildman–Crippen LogP) is 4.11. The van der Waals surface area contributed by atoms with Gasteiger partial charge in [0.05, 0.1) is 7.11 Å². The van der Waals surface area contributed by atoms with E-state index in [0.717, 1.165) is 37.2 Å². The molecule has 1 aromatic carbocycles. The monoisotopic (exact) mass is 383 g/mol. The molecule has 0 bridgehead atoms. The second-order valence-electron chi connectivity index (χ2n) is 5.99. The van der Waals surface area contributed by atoms with E-state index in [-0.39, 0.29) is 17.0 Å². The molecule has 25 heavy (non-hydrogen) atoms. The number of rotatable bonds is 4. The number of anilines is 2. The number of halogens is 2. The molecule has 5 nitrogen and oxygen atoms in total. The number of thiazole rings is 1. The first-order valence-electron chi connectivity index (χ1n) is 8.00. The van der Waals surface area contributed by atoms with Crippen molar-refractivity contribution in [2.75, 3.05) is 30.4 Å². The van der Waals surface area contributed by atoms with Crippen LogP contribution in [0.25, 0.3) is 0 Å². The number of hydrogen-bond acceptors (Lipinski definition) is 6. The number of nitrogens with zero attached hydrogens (tertiary/aromatic N) is 2. The summed E-state index contributed by atoms with van der Waals surface area (Å²) in [5.41, 5.74) is 1.96. The molecule has 1 N–H and O–H groups in total. The second kappa shape index (κ2) is 7.58. The largest absolute Gasteiger partial charge is 0.465 e. The van der Waals surface area contributed by atoms with E-state index in [4.69, 9.17) is 16.3 Å². The van der Waals surface area contributed by atoms with Crippen LogP contribution < -0.4 is 10.2 Å². The quantitative estimate of drug-likeness (QED) is 0.805. The maximum absolute atomic E-state index is 13.3. The molecule has 0 radical (unpaired) electrons. The van der Waals surface area contributed by atoms with Crippen LogP contribution >= 0.6 is 22.9 Å². The zero-order chi connectivity index (χ0) is 18.0. The van der Waals surface area contributed by atoms with Gasteiger partial charge in [-0.2, -0.15) is 0 Å². The molecule has 0 saturated carbocycles. The van der Waals surface area contributed by atoms with Gasteiger partial charge in [0.25, 0.3) is 0 Å². The van der Waals surface area contributed by atoms with E-state index >= 15 is 0 Å². The number of carbonyl (C=O) groups is 1. The molecular weight excluding hydrogens is 365 g/mol. The lowest BCUT2D eigenvalue weighted by Crippen LogP contribution is -2.42. The number of esters is 1. The SMILES string of the molecule is COC(=O)c1sc(NC2CCCN(c3ccc(F)cc3C)C2)nc1Cl. The Bertz CT molecular complexity index is 783. The standard InChI is InChI=1S/C17H19ClFN3O2S/c1-10-8-11(19)5-6-13(10)22-7-3-4-12(9-22)20-17-21-15(18)14(25-17)16(23)24-2/h5-6,8,12H,3-4,7,9H2,1-2H3,(H,20,21). The average Bonchev–Trinajstić information content (AvgIpc) is 2.94. The van der Waals surface area contributed by atoms with E-state index in [1.54, 1.807) is 6.07 Å². The van der Waals surface area contributed by atoms with Crippen LogP contribution in [0.15, 0.2) is 18.2 Å². The first-order valence-corrected chi connectivity index (χ1v) is 9.19. The highest BCUT2D eigenvalue weighted by Crippen LogP contribution is 2.30. The maximum Gasteiger partial charge on any atom is 0.351 e. The minimum atomic E-state index is -0.484. The number of carbonyl (C=O) groups excluding carboxylic acids is 1. The first kappa shape index (κ1) is 17.9. The van der Waals surface area contributed by atoms with Gasteiger partial charge in [0.1, 0.15) is 5.82 Å². The van der Waals surface area contributed by atoms with Crippen molar-refractivity contribution >= 4 is 39.7 Å². The lowest BCUT2D eigenvalue weighted by atomic mass is 10.0. The molecular formula is C17H19ClFN3O2S. The zero-order valence-electron chi connectivity index (χ0n) is 14.0. The molecule has 8 heteroatoms. The number of nitrogens with one attached hydrogen (secondary N) is 1. The number of aromatic nitrogens is 1. The van der Waals surface area contributed by atoms with Gasteiger partial charge in [0.15, 0.2) is 15.2 Å². The van der Waals surface area contributed by atoms with Crippen LogP contribution in [0.5, 0.6) is 0 Å². The van der Waals surface area contributed by atoms with E-state index in [1.807, 2.05) is 13.0 Å². The van der Waals surface area contributed by atoms with Crippen molar-refractivity contribution in [1.82, 2.24) is 4.98 Å². The van der Waals surface area contributed by atoms with E-state index in [0.29, 0.717) is 10.0 Å². The maximum atomic E-state index is 13.3. The Balaban J connectivity index is 1.71. The molecule has 0 spiro atoms. The number of hydrogen-bond donors (Lipinski definition) is 1. The predicted molar refractivity (Wildman–Crippen MR) is 98.5 cm³/mol. The summed E-state index contributed by atoms with van der Waals surface area (Å²) in [4.78, 5) is 18.4. The first-order chi connectivity index (χ1) is 12.0. The molecule has 1 fully saturated rings. The number of benzene rings is 1. The third-order valence-electron chi connectivity index (χ3n) is 4.21. The van der Waals surface area contributed by atoms with Crippen molar-refractivity contribution in [2.24, 2.45) is 0 Å². The van der Waals surface area contributed by atoms with Crippen LogP contribution in [0.4, 0.5) is 15.2 Å². The van der Waals surface area contributed by atoms with Crippen LogP contribution in [0, 0.1) is 12.7 Å². The Morgan fingerprint density at radius 3 is 3.04 bits per heavy atom. The van der Waals surface area contributed by atoms with Gasteiger partial charge in [-0.1, -0.05) is 22.9 Å². The third kappa shape index (κ3) is 4.04. The lowest BCUT2D eigenvalue weighted by Gasteiger charge is -2.35. The van der Waals surface area contributed by atoms with Gasteiger partial charge in [0, 0.05) is 24.8 Å². The normalized spacial score (nSPS) is 17.4. The molecule has 1 aliphatic rings. The van der Waals surface area contributed by atoms with Crippen molar-refractivity contribution in [2.45, 2.75) is 25.8 Å². The van der Waals surface area contributed by atoms with Gasteiger partial charge in [0.2, 0.25) is 0 Å². The number of ether oxygens (including phenoxy) is 1. The van der Waals surface area contributed by atoms with Crippen LogP contribution in [-0.4, -0.2) is 37.2 Å². The summed E-state index contributed by atoms with van der Waals surface area (Å²) in [6.07, 6.45) is 2.00. The molecule has 0 aliphatic carbocycles. The summed E-state index contributed by atoms with van der Waals surface area (Å²) < 4.78 is 18.0. The number of piperidine rings is 1. The van der Waals surface area contributed by atoms with Gasteiger partial charge in [-0.15, -0.1) is 0 Å². The molecule has 2 heterocycles. The summed E-state index contributed by atoms with van der Waals surface area (Å²) in [5.74, 6) is -0.705. The molecule has 2 aromatic rings. The smallest absolute Gasteiger partial charge is 0.351 e. The molecule has 1 aliphatic heterocycles. The zero-order valence-corrected chi connectivity index (χ0v) is 15.6. The lowest BCUT2D eigenvalue weighted by molar-refractivity contribution is 0.0606. The van der Waals surface area contributed by atoms with Crippen molar-refractivity contribution in [3.63, 3.8) is 0 Å². The summed E-state index contributed by atoms with van der Waals surface area (Å²) in [6.45, 7) is 3.62. The molecule has 0 amide bonds. The van der Waals surface area contributed by atoms with E-state index in [1.165, 1.54) is 24.5 Å².